The van der Waals surface area contributed by atoms with Gasteiger partial charge in [0.25, 0.3) is 0 Å². The van der Waals surface area contributed by atoms with Crippen LogP contribution in [0.5, 0.6) is 0 Å². The van der Waals surface area contributed by atoms with E-state index in [1.54, 1.807) is 13.8 Å². The molecule has 5 unspecified atom stereocenters. The highest BCUT2D eigenvalue weighted by atomic mass is 16.4. The van der Waals surface area contributed by atoms with Gasteiger partial charge in [0.2, 0.25) is 17.7 Å². The SMILES string of the molecule is CCC(C)C(NC(=O)C(CC(=O)O)NC(=O)C(CCCN=C(N)N)NC(=O)C(C)N)C(=O)O. The first-order valence-corrected chi connectivity index (χ1v) is 10.5. The summed E-state index contributed by atoms with van der Waals surface area (Å²) >= 11 is 0. The molecule has 14 nitrogen and oxygen atoms in total. The number of aliphatic imine (C=N–C) groups is 1. The van der Waals surface area contributed by atoms with Crippen LogP contribution < -0.4 is 33.2 Å². The van der Waals surface area contributed by atoms with E-state index in [9.17, 15) is 29.1 Å². The minimum absolute atomic E-state index is 0.0626. The highest BCUT2D eigenvalue weighted by Crippen LogP contribution is 2.09. The first kappa shape index (κ1) is 29.6. The highest BCUT2D eigenvalue weighted by Gasteiger charge is 2.32. The monoisotopic (exact) mass is 473 g/mol. The summed E-state index contributed by atoms with van der Waals surface area (Å²) in [5.41, 5.74) is 16.0. The predicted molar refractivity (Wildman–Crippen MR) is 119 cm³/mol. The first-order valence-electron chi connectivity index (χ1n) is 10.5. The van der Waals surface area contributed by atoms with E-state index in [2.05, 4.69) is 20.9 Å². The second-order valence-electron chi connectivity index (χ2n) is 7.67. The van der Waals surface area contributed by atoms with E-state index in [4.69, 9.17) is 22.3 Å². The van der Waals surface area contributed by atoms with Gasteiger partial charge in [0.05, 0.1) is 12.5 Å². The molecule has 33 heavy (non-hydrogen) atoms. The Kier molecular flexibility index (Phi) is 13.1. The molecule has 0 bridgehead atoms. The number of carboxylic acid groups (broad SMARTS) is 2. The predicted octanol–water partition coefficient (Wildman–Crippen LogP) is -2.55. The summed E-state index contributed by atoms with van der Waals surface area (Å²) in [5, 5.41) is 25.5. The number of hydrogen-bond acceptors (Lipinski definition) is 7. The fraction of sp³-hybridized carbons (Fsp3) is 0.684. The fourth-order valence-corrected chi connectivity index (χ4v) is 2.67. The Balaban J connectivity index is 5.54. The van der Waals surface area contributed by atoms with Gasteiger partial charge in [0.15, 0.2) is 5.96 Å². The lowest BCUT2D eigenvalue weighted by molar-refractivity contribution is -0.144. The lowest BCUT2D eigenvalue weighted by Crippen LogP contribution is -2.58. The van der Waals surface area contributed by atoms with Gasteiger partial charge in [-0.2, -0.15) is 0 Å². The maximum Gasteiger partial charge on any atom is 0.326 e. The van der Waals surface area contributed by atoms with Crippen LogP contribution in [0.25, 0.3) is 0 Å². The number of carbonyl (C=O) groups excluding carboxylic acids is 3. The zero-order valence-corrected chi connectivity index (χ0v) is 19.0. The third-order valence-corrected chi connectivity index (χ3v) is 4.78. The number of aliphatic carboxylic acids is 2. The number of nitrogens with zero attached hydrogens (tertiary/aromatic N) is 1. The van der Waals surface area contributed by atoms with Crippen LogP contribution >= 0.6 is 0 Å². The number of rotatable bonds is 15. The van der Waals surface area contributed by atoms with Gasteiger partial charge in [-0.3, -0.25) is 24.2 Å². The lowest BCUT2D eigenvalue weighted by Gasteiger charge is -2.25. The minimum atomic E-state index is -1.58. The van der Waals surface area contributed by atoms with Crippen molar-refractivity contribution in [3.8, 4) is 0 Å². The number of carbonyl (C=O) groups is 5. The molecule has 188 valence electrons. The molecule has 0 saturated carbocycles. The maximum absolute atomic E-state index is 12.8. The Labute approximate surface area is 191 Å². The van der Waals surface area contributed by atoms with E-state index in [1.165, 1.54) is 6.92 Å². The molecule has 11 N–H and O–H groups in total. The van der Waals surface area contributed by atoms with Gasteiger partial charge >= 0.3 is 11.9 Å². The minimum Gasteiger partial charge on any atom is -0.481 e. The molecule has 0 radical (unpaired) electrons. The lowest BCUT2D eigenvalue weighted by atomic mass is 9.98. The van der Waals surface area contributed by atoms with Crippen molar-refractivity contribution in [2.75, 3.05) is 6.54 Å². The topological polar surface area (TPSA) is 252 Å². The van der Waals surface area contributed by atoms with Crippen molar-refractivity contribution in [1.82, 2.24) is 16.0 Å². The summed E-state index contributed by atoms with van der Waals surface area (Å²) in [6, 6.07) is -4.94. The highest BCUT2D eigenvalue weighted by molar-refractivity contribution is 5.95. The number of guanidine groups is 1. The van der Waals surface area contributed by atoms with Crippen molar-refractivity contribution < 1.29 is 34.2 Å². The summed E-state index contributed by atoms with van der Waals surface area (Å²) in [6.45, 7) is 4.91. The second kappa shape index (κ2) is 14.6. The third-order valence-electron chi connectivity index (χ3n) is 4.78. The zero-order chi connectivity index (χ0) is 25.7. The standard InChI is InChI=1S/C19H35N7O7/c1-4-9(2)14(18(32)33)26-17(31)12(8-13(27)28)25-16(30)11(24-15(29)10(3)20)6-5-7-23-19(21)22/h9-12,14H,4-8,20H2,1-3H3,(H,24,29)(H,25,30)(H,26,31)(H,27,28)(H,32,33)(H4,21,22,23). The Bertz CT molecular complexity index is 738. The molecule has 0 heterocycles. The number of nitrogens with one attached hydrogen (secondary N) is 3. The molecule has 0 aliphatic heterocycles. The van der Waals surface area contributed by atoms with Gasteiger partial charge in [-0.25, -0.2) is 4.79 Å². The maximum atomic E-state index is 12.8. The summed E-state index contributed by atoms with van der Waals surface area (Å²) in [6.07, 6.45) is -0.0199. The van der Waals surface area contributed by atoms with E-state index in [0.717, 1.165) is 0 Å². The van der Waals surface area contributed by atoms with Crippen molar-refractivity contribution in [3.05, 3.63) is 0 Å². The average Bonchev–Trinajstić information content (AvgIpc) is 2.71. The fourth-order valence-electron chi connectivity index (χ4n) is 2.67. The van der Waals surface area contributed by atoms with Gasteiger partial charge in [0, 0.05) is 6.54 Å². The van der Waals surface area contributed by atoms with Crippen LogP contribution in [0.4, 0.5) is 0 Å². The first-order chi connectivity index (χ1) is 15.3. The molecule has 0 rings (SSSR count). The molecule has 0 fully saturated rings. The summed E-state index contributed by atoms with van der Waals surface area (Å²) in [7, 11) is 0. The number of amides is 3. The molecule has 14 heteroatoms. The van der Waals surface area contributed by atoms with E-state index in [1.807, 2.05) is 0 Å². The Morgan fingerprint density at radius 1 is 0.909 bits per heavy atom. The van der Waals surface area contributed by atoms with Crippen molar-refractivity contribution >= 4 is 35.6 Å². The number of hydrogen-bond donors (Lipinski definition) is 8. The number of carboxylic acids is 2. The van der Waals surface area contributed by atoms with Crippen LogP contribution in [0, 0.1) is 5.92 Å². The van der Waals surface area contributed by atoms with Crippen molar-refractivity contribution in [1.29, 1.82) is 0 Å². The Hall–Kier alpha value is -3.42. The molecule has 0 aromatic rings. The van der Waals surface area contributed by atoms with Crippen LogP contribution in [0.3, 0.4) is 0 Å². The van der Waals surface area contributed by atoms with Crippen molar-refractivity contribution in [3.63, 3.8) is 0 Å². The number of nitrogens with two attached hydrogens (primary N) is 3. The van der Waals surface area contributed by atoms with Crippen LogP contribution in [-0.2, 0) is 24.0 Å². The van der Waals surface area contributed by atoms with Gasteiger partial charge in [-0.1, -0.05) is 20.3 Å². The zero-order valence-electron chi connectivity index (χ0n) is 19.0. The van der Waals surface area contributed by atoms with E-state index < -0.39 is 66.2 Å². The molecule has 0 spiro atoms. The largest absolute Gasteiger partial charge is 0.481 e. The van der Waals surface area contributed by atoms with Crippen molar-refractivity contribution in [2.45, 2.75) is 70.6 Å². The van der Waals surface area contributed by atoms with Crippen LogP contribution in [0.15, 0.2) is 4.99 Å². The molecule has 3 amide bonds. The van der Waals surface area contributed by atoms with Gasteiger partial charge in [0.1, 0.15) is 18.1 Å². The molecule has 0 aliphatic rings. The van der Waals surface area contributed by atoms with Gasteiger partial charge in [-0.05, 0) is 25.7 Å². The average molecular weight is 474 g/mol. The summed E-state index contributed by atoms with van der Waals surface area (Å²) < 4.78 is 0. The van der Waals surface area contributed by atoms with E-state index in [0.29, 0.717) is 6.42 Å². The summed E-state index contributed by atoms with van der Waals surface area (Å²) in [5.74, 6) is -5.74. The molecule has 0 aromatic carbocycles. The molecule has 0 aliphatic carbocycles. The third kappa shape index (κ3) is 11.7. The Morgan fingerprint density at radius 2 is 1.45 bits per heavy atom. The van der Waals surface area contributed by atoms with Gasteiger partial charge < -0.3 is 43.4 Å². The molecular formula is C19H35N7O7. The quantitative estimate of drug-likeness (QED) is 0.0701. The van der Waals surface area contributed by atoms with Crippen LogP contribution in [0.1, 0.15) is 46.5 Å². The van der Waals surface area contributed by atoms with E-state index in [-0.39, 0.29) is 25.3 Å². The summed E-state index contributed by atoms with van der Waals surface area (Å²) in [4.78, 5) is 63.9. The molecule has 0 aromatic heterocycles. The molecule has 5 atom stereocenters. The van der Waals surface area contributed by atoms with Crippen LogP contribution in [-0.4, -0.2) is 76.5 Å². The van der Waals surface area contributed by atoms with Crippen molar-refractivity contribution in [2.24, 2.45) is 28.1 Å². The normalized spacial score (nSPS) is 15.2. The van der Waals surface area contributed by atoms with E-state index >= 15 is 0 Å². The molecular weight excluding hydrogens is 438 g/mol. The molecule has 0 saturated heterocycles. The smallest absolute Gasteiger partial charge is 0.326 e. The van der Waals surface area contributed by atoms with Crippen LogP contribution in [0.2, 0.25) is 0 Å². The Morgan fingerprint density at radius 3 is 1.91 bits per heavy atom. The second-order valence-corrected chi connectivity index (χ2v) is 7.67. The van der Waals surface area contributed by atoms with Gasteiger partial charge in [-0.15, -0.1) is 0 Å².